The van der Waals surface area contributed by atoms with Crippen LogP contribution in [0.3, 0.4) is 0 Å². The molecule has 0 radical (unpaired) electrons. The molecule has 0 saturated carbocycles. The molecule has 1 amide bonds. The fourth-order valence-corrected chi connectivity index (χ4v) is 3.85. The van der Waals surface area contributed by atoms with E-state index in [0.717, 1.165) is 36.0 Å². The Morgan fingerprint density at radius 2 is 2.08 bits per heavy atom. The predicted octanol–water partition coefficient (Wildman–Crippen LogP) is 3.30. The topological polar surface area (TPSA) is 58.4 Å². The molecule has 1 aliphatic heterocycles. The number of imidazole rings is 1. The van der Waals surface area contributed by atoms with Crippen molar-refractivity contribution in [1.82, 2.24) is 14.5 Å². The Morgan fingerprint density at radius 3 is 2.88 bits per heavy atom. The van der Waals surface area contributed by atoms with Crippen molar-refractivity contribution in [2.45, 2.75) is 31.4 Å². The van der Waals surface area contributed by atoms with Crippen molar-refractivity contribution < 1.29 is 9.90 Å². The molecule has 4 rings (SSSR count). The first kappa shape index (κ1) is 16.8. The molecule has 0 aliphatic carbocycles. The smallest absolute Gasteiger partial charge is 0.254 e. The quantitative estimate of drug-likeness (QED) is 0.786. The highest BCUT2D eigenvalue weighted by Crippen LogP contribution is 2.29. The Labute approximate surface area is 152 Å². The van der Waals surface area contributed by atoms with E-state index in [0.29, 0.717) is 12.0 Å². The molecule has 5 nitrogen and oxygen atoms in total. The Morgan fingerprint density at radius 1 is 1.27 bits per heavy atom. The van der Waals surface area contributed by atoms with E-state index in [4.69, 9.17) is 0 Å². The van der Waals surface area contributed by atoms with Crippen LogP contribution in [-0.4, -0.2) is 38.1 Å². The van der Waals surface area contributed by atoms with Crippen LogP contribution in [0.15, 0.2) is 54.9 Å². The van der Waals surface area contributed by atoms with Gasteiger partial charge in [-0.3, -0.25) is 4.79 Å². The number of likely N-dealkylation sites (tertiary alicyclic amines) is 1. The summed E-state index contributed by atoms with van der Waals surface area (Å²) in [4.78, 5) is 19.3. The molecule has 1 fully saturated rings. The van der Waals surface area contributed by atoms with Gasteiger partial charge in [0, 0.05) is 25.2 Å². The third kappa shape index (κ3) is 3.10. The second kappa shape index (κ2) is 6.92. The maximum Gasteiger partial charge on any atom is 0.254 e. The second-order valence-corrected chi connectivity index (χ2v) is 7.02. The van der Waals surface area contributed by atoms with Gasteiger partial charge in [0.25, 0.3) is 5.91 Å². The van der Waals surface area contributed by atoms with Gasteiger partial charge in [0.15, 0.2) is 0 Å². The van der Waals surface area contributed by atoms with Crippen molar-refractivity contribution in [2.24, 2.45) is 7.05 Å². The molecule has 2 atom stereocenters. The zero-order valence-corrected chi connectivity index (χ0v) is 14.9. The van der Waals surface area contributed by atoms with Crippen LogP contribution in [-0.2, 0) is 7.05 Å². The van der Waals surface area contributed by atoms with E-state index < -0.39 is 6.10 Å². The lowest BCUT2D eigenvalue weighted by molar-refractivity contribution is 0.0667. The van der Waals surface area contributed by atoms with Crippen LogP contribution >= 0.6 is 0 Å². The average molecular weight is 349 g/mol. The summed E-state index contributed by atoms with van der Waals surface area (Å²) in [6, 6.07) is 15.4. The Hall–Kier alpha value is -2.66. The minimum Gasteiger partial charge on any atom is -0.388 e. The number of aliphatic hydroxyl groups is 1. The van der Waals surface area contributed by atoms with Crippen molar-refractivity contribution in [1.29, 1.82) is 0 Å². The molecule has 1 aromatic heterocycles. The van der Waals surface area contributed by atoms with Crippen LogP contribution < -0.4 is 0 Å². The molecule has 1 saturated heterocycles. The van der Waals surface area contributed by atoms with E-state index in [-0.39, 0.29) is 11.9 Å². The van der Waals surface area contributed by atoms with Gasteiger partial charge in [0.2, 0.25) is 0 Å². The molecule has 2 unspecified atom stereocenters. The largest absolute Gasteiger partial charge is 0.388 e. The van der Waals surface area contributed by atoms with Gasteiger partial charge in [-0.25, -0.2) is 4.98 Å². The number of nitrogens with zero attached hydrogens (tertiary/aromatic N) is 3. The maximum atomic E-state index is 13.0. The normalized spacial score (nSPS) is 18.4. The third-order valence-electron chi connectivity index (χ3n) is 5.29. The van der Waals surface area contributed by atoms with Crippen molar-refractivity contribution in [3.05, 3.63) is 66.0 Å². The number of aromatic nitrogens is 2. The summed E-state index contributed by atoms with van der Waals surface area (Å²) in [6.45, 7) is 0.741. The number of fused-ring (bicyclic) bond motifs is 1. The highest BCUT2D eigenvalue weighted by molar-refractivity contribution is 5.97. The minimum absolute atomic E-state index is 0.0281. The lowest BCUT2D eigenvalue weighted by Gasteiger charge is -2.27. The monoisotopic (exact) mass is 349 g/mol. The number of hydrogen-bond acceptors (Lipinski definition) is 3. The van der Waals surface area contributed by atoms with E-state index in [1.165, 1.54) is 0 Å². The van der Waals surface area contributed by atoms with Gasteiger partial charge >= 0.3 is 0 Å². The number of aliphatic hydroxyl groups excluding tert-OH is 1. The van der Waals surface area contributed by atoms with Crippen LogP contribution in [0.5, 0.6) is 0 Å². The second-order valence-electron chi connectivity index (χ2n) is 7.02. The summed E-state index contributed by atoms with van der Waals surface area (Å²) < 4.78 is 1.94. The fourth-order valence-electron chi connectivity index (χ4n) is 3.85. The highest BCUT2D eigenvalue weighted by Gasteiger charge is 2.31. The van der Waals surface area contributed by atoms with Crippen LogP contribution in [0.2, 0.25) is 0 Å². The molecular weight excluding hydrogens is 326 g/mol. The van der Waals surface area contributed by atoms with Gasteiger partial charge < -0.3 is 14.6 Å². The fraction of sp³-hybridized carbons (Fsp3) is 0.333. The van der Waals surface area contributed by atoms with Crippen molar-refractivity contribution in [2.75, 3.05) is 6.54 Å². The first-order chi connectivity index (χ1) is 12.6. The first-order valence-electron chi connectivity index (χ1n) is 9.08. The van der Waals surface area contributed by atoms with Gasteiger partial charge in [-0.15, -0.1) is 0 Å². The molecule has 3 aromatic rings. The summed E-state index contributed by atoms with van der Waals surface area (Å²) in [7, 11) is 1.94. The van der Waals surface area contributed by atoms with E-state index >= 15 is 0 Å². The summed E-state index contributed by atoms with van der Waals surface area (Å²) >= 11 is 0. The van der Waals surface area contributed by atoms with Crippen LogP contribution in [0.1, 0.15) is 41.3 Å². The third-order valence-corrected chi connectivity index (χ3v) is 5.29. The standard InChI is InChI=1S/C21H23N3O2/c1-23-14-22-18-12-16(9-10-19(18)23)21(26)24-11-5-8-17(24)13-20(25)15-6-3-2-4-7-15/h2-4,6-7,9-10,12,14,17,20,25H,5,8,11,13H2,1H3. The maximum absolute atomic E-state index is 13.0. The molecular formula is C21H23N3O2. The number of amides is 1. The van der Waals surface area contributed by atoms with Gasteiger partial charge in [0.05, 0.1) is 23.5 Å². The number of carbonyl (C=O) groups excluding carboxylic acids is 1. The minimum atomic E-state index is -0.548. The van der Waals surface area contributed by atoms with Crippen molar-refractivity contribution in [3.8, 4) is 0 Å². The number of aryl methyl sites for hydroxylation is 1. The van der Waals surface area contributed by atoms with E-state index in [1.54, 1.807) is 6.33 Å². The average Bonchev–Trinajstić information content (AvgIpc) is 3.28. The molecule has 134 valence electrons. The molecule has 2 aromatic carbocycles. The van der Waals surface area contributed by atoms with E-state index in [9.17, 15) is 9.90 Å². The van der Waals surface area contributed by atoms with Gasteiger partial charge in [-0.2, -0.15) is 0 Å². The van der Waals surface area contributed by atoms with Gasteiger partial charge in [0.1, 0.15) is 0 Å². The lowest BCUT2D eigenvalue weighted by Crippen LogP contribution is -2.36. The van der Waals surface area contributed by atoms with E-state index in [2.05, 4.69) is 4.98 Å². The Balaban J connectivity index is 1.52. The highest BCUT2D eigenvalue weighted by atomic mass is 16.3. The SMILES string of the molecule is Cn1cnc2cc(C(=O)N3CCCC3CC(O)c3ccccc3)ccc21. The summed E-state index contributed by atoms with van der Waals surface area (Å²) in [5.41, 5.74) is 3.41. The number of hydrogen-bond donors (Lipinski definition) is 1. The lowest BCUT2D eigenvalue weighted by atomic mass is 10.00. The van der Waals surface area contributed by atoms with Crippen LogP contribution in [0, 0.1) is 0 Å². The molecule has 1 aliphatic rings. The molecule has 0 bridgehead atoms. The van der Waals surface area contributed by atoms with Gasteiger partial charge in [-0.1, -0.05) is 30.3 Å². The number of carbonyl (C=O) groups is 1. The summed E-state index contributed by atoms with van der Waals surface area (Å²) in [5, 5.41) is 10.5. The van der Waals surface area contributed by atoms with Crippen molar-refractivity contribution in [3.63, 3.8) is 0 Å². The summed E-state index contributed by atoms with van der Waals surface area (Å²) in [6.07, 6.45) is 3.69. The molecule has 0 spiro atoms. The number of rotatable bonds is 4. The number of benzene rings is 2. The Bertz CT molecular complexity index is 919. The molecule has 1 N–H and O–H groups in total. The zero-order valence-electron chi connectivity index (χ0n) is 14.9. The Kier molecular flexibility index (Phi) is 4.47. The molecule has 2 heterocycles. The van der Waals surface area contributed by atoms with Gasteiger partial charge in [-0.05, 0) is 43.0 Å². The predicted molar refractivity (Wildman–Crippen MR) is 101 cm³/mol. The molecule has 5 heteroatoms. The zero-order chi connectivity index (χ0) is 18.1. The van der Waals surface area contributed by atoms with Crippen LogP contribution in [0.4, 0.5) is 0 Å². The first-order valence-corrected chi connectivity index (χ1v) is 9.08. The molecule has 26 heavy (non-hydrogen) atoms. The van der Waals surface area contributed by atoms with E-state index in [1.807, 2.05) is 65.0 Å². The van der Waals surface area contributed by atoms with Crippen molar-refractivity contribution >= 4 is 16.9 Å². The summed E-state index contributed by atoms with van der Waals surface area (Å²) in [5.74, 6) is 0.0281. The van der Waals surface area contributed by atoms with Crippen LogP contribution in [0.25, 0.3) is 11.0 Å².